The number of rotatable bonds is 10. The number of hydrogen-bond acceptors (Lipinski definition) is 7. The third-order valence-corrected chi connectivity index (χ3v) is 5.83. The second-order valence-electron chi connectivity index (χ2n) is 7.73. The second kappa shape index (κ2) is 11.4. The van der Waals surface area contributed by atoms with Gasteiger partial charge in [0.05, 0.1) is 6.54 Å². The minimum Gasteiger partial charge on any atom is -0.454 e. The van der Waals surface area contributed by atoms with Gasteiger partial charge in [-0.1, -0.05) is 18.2 Å². The molecule has 2 N–H and O–H groups in total. The quantitative estimate of drug-likeness (QED) is 0.445. The molecule has 182 valence electrons. The lowest BCUT2D eigenvalue weighted by atomic mass is 10.2. The van der Waals surface area contributed by atoms with Gasteiger partial charge in [-0.2, -0.15) is 0 Å². The van der Waals surface area contributed by atoms with Gasteiger partial charge in [0.25, 0.3) is 0 Å². The molecule has 3 amide bonds. The van der Waals surface area contributed by atoms with Crippen LogP contribution in [-0.2, 0) is 27.5 Å². The first-order valence-corrected chi connectivity index (χ1v) is 11.7. The van der Waals surface area contributed by atoms with Crippen LogP contribution in [0.2, 0.25) is 0 Å². The Morgan fingerprint density at radius 3 is 2.54 bits per heavy atom. The number of amides is 3. The van der Waals surface area contributed by atoms with E-state index in [9.17, 15) is 18.8 Å². The van der Waals surface area contributed by atoms with Gasteiger partial charge in [0.2, 0.25) is 24.5 Å². The average molecular weight is 499 g/mol. The zero-order chi connectivity index (χ0) is 24.6. The van der Waals surface area contributed by atoms with Gasteiger partial charge in [-0.15, -0.1) is 11.3 Å². The molecule has 4 rings (SSSR count). The molecule has 0 radical (unpaired) electrons. The van der Waals surface area contributed by atoms with Crippen LogP contribution in [0.25, 0.3) is 0 Å². The Morgan fingerprint density at radius 1 is 1.00 bits per heavy atom. The first kappa shape index (κ1) is 24.1. The van der Waals surface area contributed by atoms with Gasteiger partial charge >= 0.3 is 0 Å². The van der Waals surface area contributed by atoms with Crippen LogP contribution in [0.4, 0.5) is 9.52 Å². The zero-order valence-corrected chi connectivity index (χ0v) is 19.5. The van der Waals surface area contributed by atoms with Crippen LogP contribution in [0.5, 0.6) is 11.5 Å². The topological polar surface area (TPSA) is 110 Å². The van der Waals surface area contributed by atoms with Crippen molar-refractivity contribution in [1.29, 1.82) is 0 Å². The van der Waals surface area contributed by atoms with Gasteiger partial charge in [-0.25, -0.2) is 9.37 Å². The van der Waals surface area contributed by atoms with E-state index in [1.165, 1.54) is 28.4 Å². The number of hydrogen-bond donors (Lipinski definition) is 2. The highest BCUT2D eigenvalue weighted by atomic mass is 32.1. The molecule has 1 aliphatic heterocycles. The molecular weight excluding hydrogens is 475 g/mol. The third-order valence-electron chi connectivity index (χ3n) is 5.15. The lowest BCUT2D eigenvalue weighted by Crippen LogP contribution is -2.40. The Balaban J connectivity index is 1.34. The normalized spacial score (nSPS) is 11.7. The number of fused-ring (bicyclic) bond motifs is 1. The highest BCUT2D eigenvalue weighted by molar-refractivity contribution is 7.13. The molecule has 0 atom stereocenters. The lowest BCUT2D eigenvalue weighted by Gasteiger charge is -2.22. The molecule has 1 aromatic heterocycles. The molecule has 2 heterocycles. The van der Waals surface area contributed by atoms with Gasteiger partial charge in [-0.05, 0) is 35.4 Å². The Labute approximate surface area is 204 Å². The van der Waals surface area contributed by atoms with Crippen molar-refractivity contribution >= 4 is 34.2 Å². The van der Waals surface area contributed by atoms with E-state index in [1.54, 1.807) is 35.8 Å². The summed E-state index contributed by atoms with van der Waals surface area (Å²) in [6.07, 6.45) is 1.42. The second-order valence-corrected chi connectivity index (χ2v) is 8.62. The maximum absolute atomic E-state index is 13.3. The number of nitrogens with one attached hydrogen (secondary N) is 2. The van der Waals surface area contributed by atoms with Crippen LogP contribution in [0.15, 0.2) is 54.0 Å². The molecule has 2 aromatic carbocycles. The molecule has 0 unspecified atom stereocenters. The van der Waals surface area contributed by atoms with Crippen LogP contribution < -0.4 is 20.1 Å². The predicted molar refractivity (Wildman–Crippen MR) is 126 cm³/mol. The van der Waals surface area contributed by atoms with Crippen molar-refractivity contribution in [3.8, 4) is 11.5 Å². The summed E-state index contributed by atoms with van der Waals surface area (Å²) in [6.45, 7) is 0.289. The number of anilines is 1. The van der Waals surface area contributed by atoms with E-state index >= 15 is 0 Å². The number of nitrogens with zero attached hydrogens (tertiary/aromatic N) is 2. The standard InChI is InChI=1S/C24H23FN4O5S/c25-18-4-1-16(2-5-18)13-29(23(32)8-7-21(30)28-24-26-9-10-35-24)14-22(31)27-12-17-3-6-19-20(11-17)34-15-33-19/h1-6,9-11H,7-8,12-15H2,(H,27,31)(H,26,28,30). The average Bonchev–Trinajstić information content (AvgIpc) is 3.54. The largest absolute Gasteiger partial charge is 0.454 e. The summed E-state index contributed by atoms with van der Waals surface area (Å²) in [5, 5.41) is 7.60. The summed E-state index contributed by atoms with van der Waals surface area (Å²) < 4.78 is 23.9. The Kier molecular flexibility index (Phi) is 7.88. The number of ether oxygens (including phenoxy) is 2. The van der Waals surface area contributed by atoms with Crippen molar-refractivity contribution in [2.75, 3.05) is 18.7 Å². The van der Waals surface area contributed by atoms with Gasteiger partial charge in [-0.3, -0.25) is 14.4 Å². The van der Waals surface area contributed by atoms with Crippen LogP contribution in [-0.4, -0.2) is 40.9 Å². The lowest BCUT2D eigenvalue weighted by molar-refractivity contribution is -0.137. The van der Waals surface area contributed by atoms with Crippen LogP contribution in [0.3, 0.4) is 0 Å². The summed E-state index contributed by atoms with van der Waals surface area (Å²) in [4.78, 5) is 43.0. The van der Waals surface area contributed by atoms with Crippen LogP contribution >= 0.6 is 11.3 Å². The van der Waals surface area contributed by atoms with Crippen molar-refractivity contribution in [3.05, 3.63) is 71.0 Å². The number of aromatic nitrogens is 1. The SMILES string of the molecule is O=C(CN(Cc1ccc(F)cc1)C(=O)CCC(=O)Nc1nccs1)NCc1ccc2c(c1)OCO2. The molecule has 9 nitrogen and oxygen atoms in total. The minimum atomic E-state index is -0.396. The molecule has 3 aromatic rings. The maximum Gasteiger partial charge on any atom is 0.239 e. The van der Waals surface area contributed by atoms with E-state index in [0.29, 0.717) is 22.2 Å². The highest BCUT2D eigenvalue weighted by Crippen LogP contribution is 2.32. The van der Waals surface area contributed by atoms with Gasteiger partial charge < -0.3 is 25.0 Å². The summed E-state index contributed by atoms with van der Waals surface area (Å²) in [5.41, 5.74) is 1.48. The fraction of sp³-hybridized carbons (Fsp3) is 0.250. The van der Waals surface area contributed by atoms with Crippen molar-refractivity contribution in [3.63, 3.8) is 0 Å². The van der Waals surface area contributed by atoms with E-state index in [-0.39, 0.29) is 57.0 Å². The first-order chi connectivity index (χ1) is 17.0. The van der Waals surface area contributed by atoms with Gasteiger partial charge in [0, 0.05) is 37.5 Å². The monoisotopic (exact) mass is 498 g/mol. The molecule has 0 fully saturated rings. The molecule has 0 aliphatic carbocycles. The fourth-order valence-electron chi connectivity index (χ4n) is 3.37. The van der Waals surface area contributed by atoms with E-state index in [2.05, 4.69) is 15.6 Å². The maximum atomic E-state index is 13.3. The summed E-state index contributed by atoms with van der Waals surface area (Å²) in [6, 6.07) is 11.1. The Morgan fingerprint density at radius 2 is 1.77 bits per heavy atom. The van der Waals surface area contributed by atoms with E-state index in [0.717, 1.165) is 5.56 Å². The van der Waals surface area contributed by atoms with Gasteiger partial charge in [0.1, 0.15) is 5.82 Å². The van der Waals surface area contributed by atoms with Crippen LogP contribution in [0, 0.1) is 5.82 Å². The van der Waals surface area contributed by atoms with Gasteiger partial charge in [0.15, 0.2) is 16.6 Å². The van der Waals surface area contributed by atoms with Crippen molar-refractivity contribution in [1.82, 2.24) is 15.2 Å². The third kappa shape index (κ3) is 7.00. The molecule has 11 heteroatoms. The molecule has 1 aliphatic rings. The van der Waals surface area contributed by atoms with Crippen LogP contribution in [0.1, 0.15) is 24.0 Å². The Hall–Kier alpha value is -3.99. The molecule has 35 heavy (non-hydrogen) atoms. The zero-order valence-electron chi connectivity index (χ0n) is 18.7. The number of halogens is 1. The van der Waals surface area contributed by atoms with E-state index in [4.69, 9.17) is 9.47 Å². The minimum absolute atomic E-state index is 0.0584. The Bertz CT molecular complexity index is 1190. The number of benzene rings is 2. The van der Waals surface area contributed by atoms with E-state index in [1.807, 2.05) is 6.07 Å². The number of carbonyl (C=O) groups excluding carboxylic acids is 3. The molecular formula is C24H23FN4O5S. The molecule has 0 bridgehead atoms. The summed E-state index contributed by atoms with van der Waals surface area (Å²) >= 11 is 1.28. The van der Waals surface area contributed by atoms with Crippen molar-refractivity contribution < 1.29 is 28.2 Å². The van der Waals surface area contributed by atoms with Crippen molar-refractivity contribution in [2.45, 2.75) is 25.9 Å². The fourth-order valence-corrected chi connectivity index (χ4v) is 3.91. The van der Waals surface area contributed by atoms with Crippen molar-refractivity contribution in [2.24, 2.45) is 0 Å². The molecule has 0 saturated heterocycles. The molecule has 0 saturated carbocycles. The predicted octanol–water partition coefficient (Wildman–Crippen LogP) is 3.07. The highest BCUT2D eigenvalue weighted by Gasteiger charge is 2.20. The van der Waals surface area contributed by atoms with E-state index < -0.39 is 5.82 Å². The smallest absolute Gasteiger partial charge is 0.239 e. The summed E-state index contributed by atoms with van der Waals surface area (Å²) in [5.74, 6) is -0.225. The molecule has 0 spiro atoms. The summed E-state index contributed by atoms with van der Waals surface area (Å²) in [7, 11) is 0. The number of carbonyl (C=O) groups is 3. The number of thiazole rings is 1. The first-order valence-electron chi connectivity index (χ1n) is 10.8.